The Hall–Kier alpha value is -1.52. The zero-order chi connectivity index (χ0) is 8.84. The first-order valence-corrected chi connectivity index (χ1v) is 4.50. The third-order valence-corrected chi connectivity index (χ3v) is 2.67. The molecule has 2 aliphatic rings. The Bertz CT molecular complexity index is 411. The second-order valence-corrected chi connectivity index (χ2v) is 3.41. The normalized spacial score (nSPS) is 18.3. The molecule has 0 fully saturated rings. The van der Waals surface area contributed by atoms with Crippen LogP contribution in [0.4, 0.5) is 11.5 Å². The number of aromatic nitrogens is 2. The highest BCUT2D eigenvalue weighted by atomic mass is 16.1. The van der Waals surface area contributed by atoms with Gasteiger partial charge in [-0.25, -0.2) is 14.3 Å². The lowest BCUT2D eigenvalue weighted by Crippen LogP contribution is -2.40. The van der Waals surface area contributed by atoms with E-state index in [4.69, 9.17) is 0 Å². The molecule has 5 heteroatoms. The van der Waals surface area contributed by atoms with Crippen molar-refractivity contribution in [1.29, 1.82) is 0 Å². The molecule has 1 aromatic rings. The van der Waals surface area contributed by atoms with Crippen LogP contribution in [0.25, 0.3) is 0 Å². The van der Waals surface area contributed by atoms with E-state index in [1.54, 1.807) is 6.33 Å². The van der Waals surface area contributed by atoms with Gasteiger partial charge in [-0.15, -0.1) is 0 Å². The zero-order valence-electron chi connectivity index (χ0n) is 7.21. The van der Waals surface area contributed by atoms with Gasteiger partial charge in [-0.3, -0.25) is 4.90 Å². The first-order chi connectivity index (χ1) is 6.36. The molecule has 2 aliphatic heterocycles. The predicted octanol–water partition coefficient (Wildman–Crippen LogP) is -1.09. The van der Waals surface area contributed by atoms with E-state index in [9.17, 15) is 4.79 Å². The molecule has 0 unspecified atom stereocenters. The monoisotopic (exact) mass is 179 g/mol. The summed E-state index contributed by atoms with van der Waals surface area (Å²) in [7, 11) is 0. The average Bonchev–Trinajstić information content (AvgIpc) is 2.57. The highest BCUT2D eigenvalue weighted by Gasteiger charge is 2.32. The minimum atomic E-state index is -0.0159. The standard InChI is InChI=1S/C8H10N4O/c13-7-6-8-11(2-1-9-6)3-4-12(8)5-10-7/h5,9H,1-4H2/p+1. The molecule has 0 bridgehead atoms. The second-order valence-electron chi connectivity index (χ2n) is 3.41. The van der Waals surface area contributed by atoms with Crippen molar-refractivity contribution in [2.24, 2.45) is 0 Å². The average molecular weight is 179 g/mol. The van der Waals surface area contributed by atoms with Crippen molar-refractivity contribution in [3.05, 3.63) is 16.7 Å². The Morgan fingerprint density at radius 3 is 3.31 bits per heavy atom. The summed E-state index contributed by atoms with van der Waals surface area (Å²) in [5.74, 6) is 1.05. The minimum absolute atomic E-state index is 0.0159. The number of nitrogens with zero attached hydrogens (tertiary/aromatic N) is 2. The largest absolute Gasteiger partial charge is 0.371 e. The molecule has 0 atom stereocenters. The van der Waals surface area contributed by atoms with Gasteiger partial charge in [0.1, 0.15) is 6.54 Å². The van der Waals surface area contributed by atoms with E-state index < -0.39 is 0 Å². The number of rotatable bonds is 0. The van der Waals surface area contributed by atoms with Gasteiger partial charge in [-0.1, -0.05) is 0 Å². The van der Waals surface area contributed by atoms with E-state index in [2.05, 4.69) is 19.8 Å². The lowest BCUT2D eigenvalue weighted by atomic mass is 10.3. The Balaban J connectivity index is 2.32. The molecule has 0 amide bonds. The van der Waals surface area contributed by atoms with Gasteiger partial charge in [-0.05, 0) is 0 Å². The lowest BCUT2D eigenvalue weighted by Gasteiger charge is -2.20. The molecule has 0 saturated heterocycles. The van der Waals surface area contributed by atoms with Gasteiger partial charge in [0.25, 0.3) is 5.82 Å². The summed E-state index contributed by atoms with van der Waals surface area (Å²) in [6, 6.07) is 0. The molecule has 13 heavy (non-hydrogen) atoms. The van der Waals surface area contributed by atoms with Crippen LogP contribution in [-0.4, -0.2) is 24.6 Å². The van der Waals surface area contributed by atoms with Gasteiger partial charge in [0.05, 0.1) is 13.1 Å². The highest BCUT2D eigenvalue weighted by Crippen LogP contribution is 2.23. The SMILES string of the molecule is O=c1[nH]c[n+]2c3c1NCCN3CC2. The minimum Gasteiger partial charge on any atom is -0.371 e. The molecule has 5 nitrogen and oxygen atoms in total. The van der Waals surface area contributed by atoms with Crippen molar-refractivity contribution in [1.82, 2.24) is 4.98 Å². The Morgan fingerprint density at radius 2 is 2.38 bits per heavy atom. The molecule has 3 heterocycles. The van der Waals surface area contributed by atoms with Crippen molar-refractivity contribution >= 4 is 11.5 Å². The highest BCUT2D eigenvalue weighted by molar-refractivity contribution is 5.64. The van der Waals surface area contributed by atoms with Crippen molar-refractivity contribution in [3.63, 3.8) is 0 Å². The van der Waals surface area contributed by atoms with Crippen LogP contribution < -0.4 is 20.3 Å². The molecular weight excluding hydrogens is 168 g/mol. The second kappa shape index (κ2) is 2.25. The molecular formula is C8H11N4O+. The maximum atomic E-state index is 11.4. The summed E-state index contributed by atoms with van der Waals surface area (Å²) >= 11 is 0. The van der Waals surface area contributed by atoms with Crippen molar-refractivity contribution in [2.45, 2.75) is 6.54 Å². The first kappa shape index (κ1) is 6.94. The fourth-order valence-electron chi connectivity index (χ4n) is 2.05. The number of anilines is 2. The molecule has 0 spiro atoms. The van der Waals surface area contributed by atoms with E-state index in [1.807, 2.05) is 0 Å². The molecule has 3 rings (SSSR count). The van der Waals surface area contributed by atoms with Gasteiger partial charge >= 0.3 is 5.56 Å². The number of aromatic amines is 1. The van der Waals surface area contributed by atoms with Gasteiger partial charge in [0, 0.05) is 6.54 Å². The smallest absolute Gasteiger partial charge is 0.334 e. The third kappa shape index (κ3) is 0.811. The molecule has 0 aromatic carbocycles. The summed E-state index contributed by atoms with van der Waals surface area (Å²) in [5, 5.41) is 3.14. The molecule has 0 aliphatic carbocycles. The van der Waals surface area contributed by atoms with E-state index in [-0.39, 0.29) is 5.56 Å². The number of nitrogens with one attached hydrogen (secondary N) is 2. The Kier molecular flexibility index (Phi) is 1.20. The molecule has 1 aromatic heterocycles. The number of H-pyrrole nitrogens is 1. The summed E-state index contributed by atoms with van der Waals surface area (Å²) in [5.41, 5.74) is 0.712. The van der Waals surface area contributed by atoms with Crippen molar-refractivity contribution in [3.8, 4) is 0 Å². The number of hydrogen-bond acceptors (Lipinski definition) is 3. The topological polar surface area (TPSA) is 52.0 Å². The molecule has 68 valence electrons. The van der Waals surface area contributed by atoms with Crippen LogP contribution in [0.15, 0.2) is 11.1 Å². The van der Waals surface area contributed by atoms with Gasteiger partial charge < -0.3 is 5.32 Å². The zero-order valence-corrected chi connectivity index (χ0v) is 7.21. The fraction of sp³-hybridized carbons (Fsp3) is 0.500. The van der Waals surface area contributed by atoms with E-state index in [0.717, 1.165) is 37.7 Å². The molecule has 2 N–H and O–H groups in total. The van der Waals surface area contributed by atoms with Gasteiger partial charge in [0.2, 0.25) is 0 Å². The van der Waals surface area contributed by atoms with Crippen LogP contribution in [0, 0.1) is 0 Å². The molecule has 0 radical (unpaired) electrons. The number of hydrogen-bond donors (Lipinski definition) is 2. The Labute approximate surface area is 75.0 Å². The summed E-state index contributed by atoms with van der Waals surface area (Å²) in [6.07, 6.45) is 1.76. The van der Waals surface area contributed by atoms with Crippen LogP contribution in [0.5, 0.6) is 0 Å². The summed E-state index contributed by atoms with van der Waals surface area (Å²) < 4.78 is 2.09. The third-order valence-electron chi connectivity index (χ3n) is 2.67. The van der Waals surface area contributed by atoms with Crippen LogP contribution in [-0.2, 0) is 6.54 Å². The van der Waals surface area contributed by atoms with Gasteiger partial charge in [0.15, 0.2) is 12.0 Å². The quantitative estimate of drug-likeness (QED) is 0.497. The van der Waals surface area contributed by atoms with E-state index >= 15 is 0 Å². The van der Waals surface area contributed by atoms with E-state index in [0.29, 0.717) is 0 Å². The van der Waals surface area contributed by atoms with Gasteiger partial charge in [-0.2, -0.15) is 0 Å². The molecule has 0 saturated carbocycles. The van der Waals surface area contributed by atoms with Crippen LogP contribution in [0.1, 0.15) is 0 Å². The maximum Gasteiger partial charge on any atom is 0.334 e. The summed E-state index contributed by atoms with van der Waals surface area (Å²) in [4.78, 5) is 16.4. The van der Waals surface area contributed by atoms with Crippen LogP contribution in [0.3, 0.4) is 0 Å². The maximum absolute atomic E-state index is 11.4. The fourth-order valence-corrected chi connectivity index (χ4v) is 2.05. The first-order valence-electron chi connectivity index (χ1n) is 4.50. The van der Waals surface area contributed by atoms with Crippen molar-refractivity contribution in [2.75, 3.05) is 29.9 Å². The van der Waals surface area contributed by atoms with Crippen LogP contribution in [0.2, 0.25) is 0 Å². The lowest BCUT2D eigenvalue weighted by molar-refractivity contribution is -0.673. The summed E-state index contributed by atoms with van der Waals surface area (Å²) in [6.45, 7) is 3.85. The Morgan fingerprint density at radius 1 is 1.46 bits per heavy atom. The van der Waals surface area contributed by atoms with E-state index in [1.165, 1.54) is 0 Å². The predicted molar refractivity (Wildman–Crippen MR) is 48.0 cm³/mol. The van der Waals surface area contributed by atoms with Crippen molar-refractivity contribution < 1.29 is 4.57 Å². The van der Waals surface area contributed by atoms with Crippen LogP contribution >= 0.6 is 0 Å².